The maximum absolute atomic E-state index is 6.51. The van der Waals surface area contributed by atoms with Crippen molar-refractivity contribution in [3.8, 4) is 5.69 Å². The Balaban J connectivity index is 1.45. The maximum atomic E-state index is 6.51. The van der Waals surface area contributed by atoms with Crippen LogP contribution in [0.1, 0.15) is 28.3 Å². The van der Waals surface area contributed by atoms with E-state index in [1.807, 2.05) is 59.3 Å². The van der Waals surface area contributed by atoms with Gasteiger partial charge in [-0.05, 0) is 29.8 Å². The normalized spacial score (nSPS) is 12.6. The number of aromatic nitrogens is 3. The molecule has 2 heterocycles. The van der Waals surface area contributed by atoms with Gasteiger partial charge in [-0.25, -0.2) is 0 Å². The Kier molecular flexibility index (Phi) is 6.55. The Bertz CT molecular complexity index is 1290. The summed E-state index contributed by atoms with van der Waals surface area (Å²) in [4.78, 5) is 4.87. The molecule has 4 nitrogen and oxygen atoms in total. The molecule has 1 aliphatic rings. The van der Waals surface area contributed by atoms with Crippen LogP contribution in [0.2, 0.25) is 10.0 Å². The third-order valence-corrected chi connectivity index (χ3v) is 7.86. The summed E-state index contributed by atoms with van der Waals surface area (Å²) in [5, 5.41) is 10.2. The highest BCUT2D eigenvalue weighted by atomic mass is 35.5. The SMILES string of the molecule is Clc1ccc2c(c1)C(c1ccccc1Cl)=NCc1nnc(CSSCc3ccccc3)n1-2. The van der Waals surface area contributed by atoms with E-state index in [-0.39, 0.29) is 0 Å². The van der Waals surface area contributed by atoms with Crippen LogP contribution in [0.5, 0.6) is 0 Å². The van der Waals surface area contributed by atoms with E-state index in [1.165, 1.54) is 5.56 Å². The number of aliphatic imine (C=N–C) groups is 1. The van der Waals surface area contributed by atoms with Crippen molar-refractivity contribution >= 4 is 50.5 Å². The summed E-state index contributed by atoms with van der Waals surface area (Å²) in [5.74, 6) is 3.37. The third kappa shape index (κ3) is 4.46. The van der Waals surface area contributed by atoms with Gasteiger partial charge >= 0.3 is 0 Å². The van der Waals surface area contributed by atoms with Crippen LogP contribution in [-0.4, -0.2) is 20.5 Å². The van der Waals surface area contributed by atoms with Gasteiger partial charge < -0.3 is 0 Å². The molecule has 1 aromatic heterocycles. The lowest BCUT2D eigenvalue weighted by molar-refractivity contribution is 0.859. The van der Waals surface area contributed by atoms with Gasteiger partial charge in [-0.2, -0.15) is 0 Å². The molecular formula is C24H18Cl2N4S2. The molecule has 0 fully saturated rings. The first-order valence-electron chi connectivity index (χ1n) is 10.0. The highest BCUT2D eigenvalue weighted by Crippen LogP contribution is 2.33. The molecule has 0 spiro atoms. The molecule has 0 amide bonds. The van der Waals surface area contributed by atoms with Crippen LogP contribution in [-0.2, 0) is 18.1 Å². The first-order chi connectivity index (χ1) is 15.7. The summed E-state index contributed by atoms with van der Waals surface area (Å²) in [6.45, 7) is 0.418. The summed E-state index contributed by atoms with van der Waals surface area (Å²) in [6.07, 6.45) is 0. The van der Waals surface area contributed by atoms with E-state index < -0.39 is 0 Å². The molecule has 32 heavy (non-hydrogen) atoms. The second kappa shape index (κ2) is 9.71. The van der Waals surface area contributed by atoms with E-state index in [9.17, 15) is 0 Å². The van der Waals surface area contributed by atoms with Crippen LogP contribution in [0, 0.1) is 0 Å². The first-order valence-corrected chi connectivity index (χ1v) is 13.3. The summed E-state index contributed by atoms with van der Waals surface area (Å²) >= 11 is 12.9. The molecule has 0 atom stereocenters. The van der Waals surface area contributed by atoms with Crippen LogP contribution in [0.25, 0.3) is 5.69 Å². The van der Waals surface area contributed by atoms with Crippen molar-refractivity contribution in [1.29, 1.82) is 0 Å². The lowest BCUT2D eigenvalue weighted by Crippen LogP contribution is -2.09. The third-order valence-electron chi connectivity index (χ3n) is 5.10. The zero-order chi connectivity index (χ0) is 21.9. The average molecular weight is 497 g/mol. The predicted molar refractivity (Wildman–Crippen MR) is 136 cm³/mol. The summed E-state index contributed by atoms with van der Waals surface area (Å²) in [5.41, 5.74) is 4.89. The van der Waals surface area contributed by atoms with Gasteiger partial charge in [0.25, 0.3) is 0 Å². The molecule has 1 aliphatic heterocycles. The van der Waals surface area contributed by atoms with Crippen LogP contribution in [0.15, 0.2) is 77.8 Å². The standard InChI is InChI=1S/C24H18Cl2N4S2/c25-17-10-11-21-19(12-17)24(18-8-4-5-9-20(18)26)27-13-22-28-29-23(30(21)22)15-32-31-14-16-6-2-1-3-7-16/h1-12H,13-15H2. The molecule has 5 rings (SSSR count). The maximum Gasteiger partial charge on any atom is 0.159 e. The minimum Gasteiger partial charge on any atom is -0.280 e. The lowest BCUT2D eigenvalue weighted by Gasteiger charge is -2.14. The molecule has 0 radical (unpaired) electrons. The minimum absolute atomic E-state index is 0.418. The van der Waals surface area contributed by atoms with E-state index in [0.29, 0.717) is 16.6 Å². The number of hydrogen-bond acceptors (Lipinski definition) is 5. The zero-order valence-corrected chi connectivity index (χ0v) is 20.1. The predicted octanol–water partition coefficient (Wildman–Crippen LogP) is 7.01. The minimum atomic E-state index is 0.418. The first kappa shape index (κ1) is 21.6. The molecule has 8 heteroatoms. The van der Waals surface area contributed by atoms with E-state index in [4.69, 9.17) is 28.2 Å². The Labute approximate surface area is 204 Å². The molecule has 0 bridgehead atoms. The largest absolute Gasteiger partial charge is 0.280 e. The second-order valence-electron chi connectivity index (χ2n) is 7.18. The highest BCUT2D eigenvalue weighted by Gasteiger charge is 2.24. The summed E-state index contributed by atoms with van der Waals surface area (Å²) in [6, 6.07) is 24.0. The molecule has 0 saturated carbocycles. The monoisotopic (exact) mass is 496 g/mol. The smallest absolute Gasteiger partial charge is 0.159 e. The van der Waals surface area contributed by atoms with E-state index in [1.54, 1.807) is 10.8 Å². The number of nitrogens with zero attached hydrogens (tertiary/aromatic N) is 4. The molecule has 0 unspecified atom stereocenters. The van der Waals surface area contributed by atoms with Crippen molar-refractivity contribution in [2.45, 2.75) is 18.1 Å². The molecular weight excluding hydrogens is 479 g/mol. The van der Waals surface area contributed by atoms with Crippen LogP contribution in [0.3, 0.4) is 0 Å². The van der Waals surface area contributed by atoms with Gasteiger partial charge in [0.1, 0.15) is 12.4 Å². The molecule has 160 valence electrons. The van der Waals surface area contributed by atoms with Crippen LogP contribution < -0.4 is 0 Å². The van der Waals surface area contributed by atoms with Gasteiger partial charge in [0.2, 0.25) is 0 Å². The number of fused-ring (bicyclic) bond motifs is 3. The number of rotatable bonds is 6. The Hall–Kier alpha value is -2.25. The Morgan fingerprint density at radius 2 is 1.59 bits per heavy atom. The van der Waals surface area contributed by atoms with Crippen molar-refractivity contribution in [1.82, 2.24) is 14.8 Å². The van der Waals surface area contributed by atoms with Crippen LogP contribution >= 0.6 is 44.8 Å². The zero-order valence-electron chi connectivity index (χ0n) is 16.9. The van der Waals surface area contributed by atoms with E-state index >= 15 is 0 Å². The molecule has 3 aromatic carbocycles. The van der Waals surface area contributed by atoms with Gasteiger partial charge in [-0.15, -0.1) is 10.2 Å². The van der Waals surface area contributed by atoms with Crippen molar-refractivity contribution < 1.29 is 0 Å². The highest BCUT2D eigenvalue weighted by molar-refractivity contribution is 8.76. The van der Waals surface area contributed by atoms with Crippen molar-refractivity contribution in [3.05, 3.63) is 111 Å². The van der Waals surface area contributed by atoms with Gasteiger partial charge in [-0.1, -0.05) is 93.3 Å². The number of halogens is 2. The summed E-state index contributed by atoms with van der Waals surface area (Å²) in [7, 11) is 3.58. The van der Waals surface area contributed by atoms with E-state index in [0.717, 1.165) is 45.7 Å². The van der Waals surface area contributed by atoms with Gasteiger partial charge in [-0.3, -0.25) is 9.56 Å². The van der Waals surface area contributed by atoms with Crippen LogP contribution in [0.4, 0.5) is 0 Å². The topological polar surface area (TPSA) is 43.1 Å². The van der Waals surface area contributed by atoms with E-state index in [2.05, 4.69) is 39.0 Å². The summed E-state index contributed by atoms with van der Waals surface area (Å²) < 4.78 is 2.11. The fraction of sp³-hybridized carbons (Fsp3) is 0.125. The molecule has 0 N–H and O–H groups in total. The molecule has 0 saturated heterocycles. The average Bonchev–Trinajstić information content (AvgIpc) is 3.14. The van der Waals surface area contributed by atoms with Gasteiger partial charge in [0.05, 0.1) is 17.2 Å². The van der Waals surface area contributed by atoms with Crippen molar-refractivity contribution in [3.63, 3.8) is 0 Å². The Morgan fingerprint density at radius 1 is 0.812 bits per heavy atom. The molecule has 4 aromatic rings. The molecule has 0 aliphatic carbocycles. The second-order valence-corrected chi connectivity index (χ2v) is 10.5. The van der Waals surface area contributed by atoms with Gasteiger partial charge in [0, 0.05) is 26.9 Å². The fourth-order valence-corrected chi connectivity index (χ4v) is 6.03. The number of benzene rings is 3. The lowest BCUT2D eigenvalue weighted by atomic mass is 10.0. The Morgan fingerprint density at radius 3 is 2.44 bits per heavy atom. The van der Waals surface area contributed by atoms with Gasteiger partial charge in [0.15, 0.2) is 5.82 Å². The quantitative estimate of drug-likeness (QED) is 0.212. The number of hydrogen-bond donors (Lipinski definition) is 0. The van der Waals surface area contributed by atoms with Crippen molar-refractivity contribution in [2.24, 2.45) is 4.99 Å². The fourth-order valence-electron chi connectivity index (χ4n) is 3.62. The van der Waals surface area contributed by atoms with Crippen molar-refractivity contribution in [2.75, 3.05) is 0 Å².